The Hall–Kier alpha value is -1.35. The second-order valence-corrected chi connectivity index (χ2v) is 5.64. The van der Waals surface area contributed by atoms with Crippen LogP contribution in [0.2, 0.25) is 0 Å². The third-order valence-electron chi connectivity index (χ3n) is 3.72. The molecule has 1 fully saturated rings. The number of aryl methyl sites for hydroxylation is 2. The third-order valence-corrected chi connectivity index (χ3v) is 3.96. The highest BCUT2D eigenvalue weighted by molar-refractivity contribution is 6.16. The van der Waals surface area contributed by atoms with Crippen molar-refractivity contribution in [3.8, 4) is 0 Å². The second-order valence-electron chi connectivity index (χ2n) is 5.37. The quantitative estimate of drug-likeness (QED) is 0.799. The largest absolute Gasteiger partial charge is 0.311 e. The third kappa shape index (κ3) is 2.52. The van der Waals surface area contributed by atoms with Gasteiger partial charge in [-0.25, -0.2) is 0 Å². The Bertz CT molecular complexity index is 599. The Morgan fingerprint density at radius 2 is 1.95 bits per heavy atom. The van der Waals surface area contributed by atoms with Crippen LogP contribution >= 0.6 is 11.6 Å². The van der Waals surface area contributed by atoms with E-state index in [1.165, 1.54) is 29.5 Å². The maximum atomic E-state index is 5.95. The van der Waals surface area contributed by atoms with E-state index in [0.29, 0.717) is 11.9 Å². The Balaban J connectivity index is 1.94. The summed E-state index contributed by atoms with van der Waals surface area (Å²) >= 11 is 5.95. The van der Waals surface area contributed by atoms with E-state index in [0.717, 1.165) is 18.1 Å². The van der Waals surface area contributed by atoms with Crippen LogP contribution in [0.4, 0.5) is 0 Å². The second kappa shape index (κ2) is 4.97. The lowest BCUT2D eigenvalue weighted by molar-refractivity contribution is 0.668. The van der Waals surface area contributed by atoms with Crippen LogP contribution in [0.5, 0.6) is 0 Å². The minimum absolute atomic E-state index is 0.441. The van der Waals surface area contributed by atoms with Crippen molar-refractivity contribution in [2.75, 3.05) is 0 Å². The summed E-state index contributed by atoms with van der Waals surface area (Å²) in [7, 11) is 0. The molecule has 3 nitrogen and oxygen atoms in total. The van der Waals surface area contributed by atoms with E-state index in [1.807, 2.05) is 0 Å². The molecule has 1 aromatic heterocycles. The molecule has 0 saturated heterocycles. The van der Waals surface area contributed by atoms with Gasteiger partial charge in [0.15, 0.2) is 0 Å². The summed E-state index contributed by atoms with van der Waals surface area (Å²) < 4.78 is 2.24. The van der Waals surface area contributed by atoms with Gasteiger partial charge in [0.25, 0.3) is 0 Å². The average molecular weight is 276 g/mol. The van der Waals surface area contributed by atoms with Crippen LogP contribution in [0.3, 0.4) is 0 Å². The Labute approximate surface area is 118 Å². The Kier molecular flexibility index (Phi) is 3.31. The fourth-order valence-corrected chi connectivity index (χ4v) is 2.67. The molecule has 3 rings (SSSR count). The molecular formula is C15H18ClN3. The number of benzene rings is 1. The number of halogens is 1. The van der Waals surface area contributed by atoms with E-state index in [1.54, 1.807) is 0 Å². The molecule has 0 unspecified atom stereocenters. The van der Waals surface area contributed by atoms with Crippen molar-refractivity contribution < 1.29 is 0 Å². The lowest BCUT2D eigenvalue weighted by Crippen LogP contribution is -2.06. The normalized spacial score (nSPS) is 14.9. The molecule has 1 aliphatic carbocycles. The first-order chi connectivity index (χ1) is 9.19. The summed E-state index contributed by atoms with van der Waals surface area (Å²) in [5, 5.41) is 8.57. The highest BCUT2D eigenvalue weighted by Crippen LogP contribution is 2.37. The lowest BCUT2D eigenvalue weighted by atomic mass is 10.0. The van der Waals surface area contributed by atoms with E-state index >= 15 is 0 Å². The molecule has 0 radical (unpaired) electrons. The van der Waals surface area contributed by atoms with Gasteiger partial charge in [-0.05, 0) is 37.8 Å². The van der Waals surface area contributed by atoms with Gasteiger partial charge in [0.05, 0.1) is 5.88 Å². The lowest BCUT2D eigenvalue weighted by Gasteiger charge is -2.10. The highest BCUT2D eigenvalue weighted by atomic mass is 35.5. The maximum Gasteiger partial charge on any atom is 0.148 e. The van der Waals surface area contributed by atoms with Crippen molar-refractivity contribution in [1.29, 1.82) is 0 Å². The number of aromatic nitrogens is 3. The maximum absolute atomic E-state index is 5.95. The first-order valence-corrected chi connectivity index (χ1v) is 7.27. The molecule has 19 heavy (non-hydrogen) atoms. The van der Waals surface area contributed by atoms with Crippen LogP contribution in [0, 0.1) is 13.8 Å². The van der Waals surface area contributed by atoms with Gasteiger partial charge in [0.1, 0.15) is 11.6 Å². The zero-order chi connectivity index (χ0) is 13.4. The van der Waals surface area contributed by atoms with Gasteiger partial charge in [-0.1, -0.05) is 23.8 Å². The molecule has 1 heterocycles. The van der Waals surface area contributed by atoms with Crippen LogP contribution in [0.1, 0.15) is 47.2 Å². The van der Waals surface area contributed by atoms with Crippen molar-refractivity contribution >= 4 is 11.6 Å². The number of rotatable bonds is 4. The molecule has 2 aromatic rings. The summed E-state index contributed by atoms with van der Waals surface area (Å²) in [6.07, 6.45) is 3.29. The van der Waals surface area contributed by atoms with Gasteiger partial charge >= 0.3 is 0 Å². The molecule has 0 bridgehead atoms. The highest BCUT2D eigenvalue weighted by Gasteiger charge is 2.29. The number of nitrogens with zero attached hydrogens (tertiary/aromatic N) is 3. The SMILES string of the molecule is Cc1ccc(C)c(Cc2nnc(CCl)n2C2CC2)c1. The molecule has 1 saturated carbocycles. The molecule has 0 amide bonds. The van der Waals surface area contributed by atoms with Crippen molar-refractivity contribution in [3.05, 3.63) is 46.5 Å². The Morgan fingerprint density at radius 1 is 1.21 bits per heavy atom. The minimum atomic E-state index is 0.441. The Morgan fingerprint density at radius 3 is 2.63 bits per heavy atom. The summed E-state index contributed by atoms with van der Waals surface area (Å²) in [6.45, 7) is 4.27. The van der Waals surface area contributed by atoms with E-state index in [2.05, 4.69) is 46.8 Å². The van der Waals surface area contributed by atoms with Crippen LogP contribution < -0.4 is 0 Å². The van der Waals surface area contributed by atoms with Crippen LogP contribution in [-0.4, -0.2) is 14.8 Å². The molecule has 0 aliphatic heterocycles. The summed E-state index contributed by atoms with van der Waals surface area (Å²) in [6, 6.07) is 7.13. The molecule has 100 valence electrons. The van der Waals surface area contributed by atoms with E-state index in [9.17, 15) is 0 Å². The standard InChI is InChI=1S/C15H18ClN3/c1-10-3-4-11(2)12(7-10)8-14-17-18-15(9-16)19(14)13-5-6-13/h3-4,7,13H,5-6,8-9H2,1-2H3. The first-order valence-electron chi connectivity index (χ1n) is 6.74. The van der Waals surface area contributed by atoms with Gasteiger partial charge in [-0.15, -0.1) is 21.8 Å². The summed E-state index contributed by atoms with van der Waals surface area (Å²) in [5.41, 5.74) is 3.93. The predicted octanol–water partition coefficient (Wildman–Crippen LogP) is 3.56. The molecule has 0 atom stereocenters. The van der Waals surface area contributed by atoms with Gasteiger partial charge < -0.3 is 4.57 Å². The number of hydrogen-bond acceptors (Lipinski definition) is 2. The molecule has 0 spiro atoms. The summed E-state index contributed by atoms with van der Waals surface area (Å²) in [5.74, 6) is 2.40. The molecular weight excluding hydrogens is 258 g/mol. The monoisotopic (exact) mass is 275 g/mol. The van der Waals surface area contributed by atoms with Gasteiger partial charge in [-0.3, -0.25) is 0 Å². The smallest absolute Gasteiger partial charge is 0.148 e. The van der Waals surface area contributed by atoms with Gasteiger partial charge in [0.2, 0.25) is 0 Å². The topological polar surface area (TPSA) is 30.7 Å². The molecule has 0 N–H and O–H groups in total. The van der Waals surface area contributed by atoms with E-state index in [-0.39, 0.29) is 0 Å². The van der Waals surface area contributed by atoms with E-state index in [4.69, 9.17) is 11.6 Å². The first kappa shape index (κ1) is 12.7. The predicted molar refractivity (Wildman–Crippen MR) is 76.6 cm³/mol. The van der Waals surface area contributed by atoms with Crippen molar-refractivity contribution in [3.63, 3.8) is 0 Å². The van der Waals surface area contributed by atoms with Crippen molar-refractivity contribution in [1.82, 2.24) is 14.8 Å². The van der Waals surface area contributed by atoms with Crippen LogP contribution in [0.15, 0.2) is 18.2 Å². The van der Waals surface area contributed by atoms with Gasteiger partial charge in [0, 0.05) is 12.5 Å². The number of alkyl halides is 1. The molecule has 1 aromatic carbocycles. The average Bonchev–Trinajstić information content (AvgIpc) is 3.15. The fourth-order valence-electron chi connectivity index (χ4n) is 2.49. The number of hydrogen-bond donors (Lipinski definition) is 0. The van der Waals surface area contributed by atoms with Crippen LogP contribution in [-0.2, 0) is 12.3 Å². The van der Waals surface area contributed by atoms with Crippen molar-refractivity contribution in [2.45, 2.75) is 45.0 Å². The molecule has 1 aliphatic rings. The minimum Gasteiger partial charge on any atom is -0.311 e. The van der Waals surface area contributed by atoms with Crippen molar-refractivity contribution in [2.24, 2.45) is 0 Å². The van der Waals surface area contributed by atoms with E-state index < -0.39 is 0 Å². The zero-order valence-electron chi connectivity index (χ0n) is 11.4. The fraction of sp³-hybridized carbons (Fsp3) is 0.467. The van der Waals surface area contributed by atoms with Gasteiger partial charge in [-0.2, -0.15) is 0 Å². The zero-order valence-corrected chi connectivity index (χ0v) is 12.1. The summed E-state index contributed by atoms with van der Waals surface area (Å²) in [4.78, 5) is 0. The van der Waals surface area contributed by atoms with Crippen LogP contribution in [0.25, 0.3) is 0 Å². The molecule has 4 heteroatoms.